The van der Waals surface area contributed by atoms with Crippen molar-refractivity contribution in [1.29, 1.82) is 0 Å². The number of rotatable bonds is 1. The third-order valence-corrected chi connectivity index (χ3v) is 6.42. The standard InChI is InChI=1S/C22H27BClNO2/c1-20(2,3)13-8-11-17-14(12-13)18-16(24)10-9-15(19(18)25-17)23-26-21(4,5)22(6,7)27-23/h8-12,25H,1-7H3. The third-order valence-electron chi connectivity index (χ3n) is 6.11. The van der Waals surface area contributed by atoms with Crippen LogP contribution in [0.15, 0.2) is 30.3 Å². The van der Waals surface area contributed by atoms with Crippen molar-refractivity contribution in [2.24, 2.45) is 0 Å². The third kappa shape index (κ3) is 2.90. The van der Waals surface area contributed by atoms with E-state index < -0.39 is 7.12 Å². The summed E-state index contributed by atoms with van der Waals surface area (Å²) in [5.41, 5.74) is 3.65. The molecule has 3 aromatic rings. The van der Waals surface area contributed by atoms with Gasteiger partial charge in [-0.05, 0) is 56.9 Å². The Morgan fingerprint density at radius 1 is 0.963 bits per heavy atom. The Morgan fingerprint density at radius 2 is 1.59 bits per heavy atom. The SMILES string of the molecule is CC(C)(C)c1ccc2[nH]c3c(B4OC(C)(C)C(C)(C)O4)ccc(Cl)c3c2c1. The van der Waals surface area contributed by atoms with Gasteiger partial charge in [-0.1, -0.05) is 44.5 Å². The first-order chi connectivity index (χ1) is 12.4. The lowest BCUT2D eigenvalue weighted by Crippen LogP contribution is -2.41. The Hall–Kier alpha value is -1.49. The first-order valence-electron chi connectivity index (χ1n) is 9.51. The minimum atomic E-state index is -0.426. The Morgan fingerprint density at radius 3 is 2.19 bits per heavy atom. The zero-order valence-electron chi connectivity index (χ0n) is 17.2. The average molecular weight is 384 g/mol. The quantitative estimate of drug-likeness (QED) is 0.557. The normalized spacial score (nSPS) is 19.3. The van der Waals surface area contributed by atoms with Crippen LogP contribution >= 0.6 is 11.6 Å². The van der Waals surface area contributed by atoms with Gasteiger partial charge in [0.2, 0.25) is 0 Å². The summed E-state index contributed by atoms with van der Waals surface area (Å²) in [6.45, 7) is 14.9. The molecule has 1 aromatic heterocycles. The van der Waals surface area contributed by atoms with Crippen molar-refractivity contribution in [3.63, 3.8) is 0 Å². The molecule has 5 heteroatoms. The Balaban J connectivity index is 1.93. The summed E-state index contributed by atoms with van der Waals surface area (Å²) >= 11 is 6.63. The highest BCUT2D eigenvalue weighted by Gasteiger charge is 2.52. The molecule has 27 heavy (non-hydrogen) atoms. The van der Waals surface area contributed by atoms with E-state index in [1.165, 1.54) is 5.56 Å². The highest BCUT2D eigenvalue weighted by Crippen LogP contribution is 2.39. The topological polar surface area (TPSA) is 34.2 Å². The molecule has 3 nitrogen and oxygen atoms in total. The molecule has 1 fully saturated rings. The number of nitrogens with one attached hydrogen (secondary N) is 1. The summed E-state index contributed by atoms with van der Waals surface area (Å²) in [6, 6.07) is 10.5. The molecule has 0 atom stereocenters. The number of hydrogen-bond acceptors (Lipinski definition) is 2. The van der Waals surface area contributed by atoms with Crippen molar-refractivity contribution in [2.45, 2.75) is 65.1 Å². The fourth-order valence-electron chi connectivity index (χ4n) is 3.62. The maximum atomic E-state index is 6.63. The van der Waals surface area contributed by atoms with Gasteiger partial charge in [-0.15, -0.1) is 0 Å². The Bertz CT molecular complexity index is 1030. The minimum Gasteiger partial charge on any atom is -0.399 e. The predicted molar refractivity (Wildman–Crippen MR) is 115 cm³/mol. The van der Waals surface area contributed by atoms with Crippen molar-refractivity contribution >= 4 is 46.0 Å². The number of aromatic amines is 1. The highest BCUT2D eigenvalue weighted by atomic mass is 35.5. The summed E-state index contributed by atoms with van der Waals surface area (Å²) < 4.78 is 12.6. The maximum Gasteiger partial charge on any atom is 0.497 e. The molecule has 0 amide bonds. The molecule has 1 saturated heterocycles. The van der Waals surface area contributed by atoms with Gasteiger partial charge in [0, 0.05) is 27.3 Å². The summed E-state index contributed by atoms with van der Waals surface area (Å²) in [7, 11) is -0.426. The van der Waals surface area contributed by atoms with E-state index in [-0.39, 0.29) is 16.6 Å². The molecular formula is C22H27BClNO2. The zero-order chi connectivity index (χ0) is 19.8. The lowest BCUT2D eigenvalue weighted by Gasteiger charge is -2.32. The second-order valence-electron chi connectivity index (χ2n) is 9.61. The van der Waals surface area contributed by atoms with Crippen LogP contribution in [0.3, 0.4) is 0 Å². The van der Waals surface area contributed by atoms with Gasteiger partial charge in [0.25, 0.3) is 0 Å². The molecule has 4 rings (SSSR count). The number of aromatic nitrogens is 1. The second kappa shape index (κ2) is 5.76. The largest absolute Gasteiger partial charge is 0.497 e. The van der Waals surface area contributed by atoms with Gasteiger partial charge in [-0.2, -0.15) is 0 Å². The van der Waals surface area contributed by atoms with Gasteiger partial charge in [0.1, 0.15) is 0 Å². The van der Waals surface area contributed by atoms with Gasteiger partial charge in [-0.3, -0.25) is 0 Å². The summed E-state index contributed by atoms with van der Waals surface area (Å²) in [6.07, 6.45) is 0. The molecule has 0 radical (unpaired) electrons. The molecule has 1 aliphatic heterocycles. The number of H-pyrrole nitrogens is 1. The van der Waals surface area contributed by atoms with E-state index in [0.29, 0.717) is 0 Å². The molecule has 0 aliphatic carbocycles. The molecule has 2 aromatic carbocycles. The molecule has 0 saturated carbocycles. The van der Waals surface area contributed by atoms with Crippen molar-refractivity contribution in [3.05, 3.63) is 40.9 Å². The molecule has 0 bridgehead atoms. The van der Waals surface area contributed by atoms with E-state index in [2.05, 4.69) is 71.6 Å². The molecule has 0 unspecified atom stereocenters. The van der Waals surface area contributed by atoms with Gasteiger partial charge in [0.15, 0.2) is 0 Å². The molecule has 2 heterocycles. The van der Waals surface area contributed by atoms with Gasteiger partial charge in [-0.25, -0.2) is 0 Å². The molecule has 0 spiro atoms. The van der Waals surface area contributed by atoms with Gasteiger partial charge >= 0.3 is 7.12 Å². The Labute approximate surface area is 166 Å². The lowest BCUT2D eigenvalue weighted by molar-refractivity contribution is 0.00578. The van der Waals surface area contributed by atoms with Crippen LogP contribution in [0.2, 0.25) is 5.02 Å². The second-order valence-corrected chi connectivity index (χ2v) is 10.0. The molecule has 1 aliphatic rings. The highest BCUT2D eigenvalue weighted by molar-refractivity contribution is 6.65. The molecule has 1 N–H and O–H groups in total. The van der Waals surface area contributed by atoms with Crippen molar-refractivity contribution in [1.82, 2.24) is 4.98 Å². The summed E-state index contributed by atoms with van der Waals surface area (Å²) in [5, 5.41) is 2.91. The molecular weight excluding hydrogens is 357 g/mol. The first kappa shape index (κ1) is 18.9. The van der Waals surface area contributed by atoms with Crippen LogP contribution < -0.4 is 5.46 Å². The minimum absolute atomic E-state index is 0.0770. The van der Waals surface area contributed by atoms with Crippen LogP contribution in [-0.4, -0.2) is 23.3 Å². The zero-order valence-corrected chi connectivity index (χ0v) is 17.9. The van der Waals surface area contributed by atoms with Crippen LogP contribution in [0.25, 0.3) is 21.8 Å². The Kier molecular flexibility index (Phi) is 4.02. The van der Waals surface area contributed by atoms with Crippen molar-refractivity contribution in [3.8, 4) is 0 Å². The monoisotopic (exact) mass is 383 g/mol. The van der Waals surface area contributed by atoms with E-state index in [0.717, 1.165) is 32.3 Å². The van der Waals surface area contributed by atoms with E-state index in [1.807, 2.05) is 12.1 Å². The van der Waals surface area contributed by atoms with Crippen LogP contribution in [0.4, 0.5) is 0 Å². The smallest absolute Gasteiger partial charge is 0.399 e. The van der Waals surface area contributed by atoms with Crippen LogP contribution in [0.5, 0.6) is 0 Å². The van der Waals surface area contributed by atoms with E-state index in [4.69, 9.17) is 20.9 Å². The number of fused-ring (bicyclic) bond motifs is 3. The van der Waals surface area contributed by atoms with Gasteiger partial charge < -0.3 is 14.3 Å². The number of halogens is 1. The van der Waals surface area contributed by atoms with Crippen molar-refractivity contribution in [2.75, 3.05) is 0 Å². The molecule has 142 valence electrons. The summed E-state index contributed by atoms with van der Waals surface area (Å²) in [5.74, 6) is 0. The van der Waals surface area contributed by atoms with Crippen molar-refractivity contribution < 1.29 is 9.31 Å². The first-order valence-corrected chi connectivity index (χ1v) is 9.88. The van der Waals surface area contributed by atoms with E-state index in [1.54, 1.807) is 0 Å². The average Bonchev–Trinajstić information content (AvgIpc) is 3.01. The summed E-state index contributed by atoms with van der Waals surface area (Å²) in [4.78, 5) is 3.55. The van der Waals surface area contributed by atoms with E-state index >= 15 is 0 Å². The number of hydrogen-bond donors (Lipinski definition) is 1. The predicted octanol–water partition coefficient (Wildman–Crippen LogP) is 5.57. The number of benzene rings is 2. The van der Waals surface area contributed by atoms with Gasteiger partial charge in [0.05, 0.1) is 16.2 Å². The van der Waals surface area contributed by atoms with Crippen LogP contribution in [0, 0.1) is 0 Å². The van der Waals surface area contributed by atoms with E-state index in [9.17, 15) is 0 Å². The fraction of sp³-hybridized carbons (Fsp3) is 0.455. The maximum absolute atomic E-state index is 6.63. The fourth-order valence-corrected chi connectivity index (χ4v) is 3.88. The van der Waals surface area contributed by atoms with Crippen LogP contribution in [-0.2, 0) is 14.7 Å². The van der Waals surface area contributed by atoms with Crippen LogP contribution in [0.1, 0.15) is 54.0 Å². The lowest BCUT2D eigenvalue weighted by atomic mass is 9.77.